The van der Waals surface area contributed by atoms with Crippen LogP contribution in [0.2, 0.25) is 0 Å². The van der Waals surface area contributed by atoms with E-state index in [0.29, 0.717) is 12.8 Å². The molecule has 214 valence electrons. The van der Waals surface area contributed by atoms with Crippen LogP contribution in [0.4, 0.5) is 0 Å². The normalized spacial score (nSPS) is 13.5. The topological polar surface area (TPSA) is 179 Å². The van der Waals surface area contributed by atoms with Crippen LogP contribution in [-0.2, 0) is 19.2 Å². The SMILES string of the molecule is CC.CC.CC(C)(C)CC(C)(C)CC(=O)NC(CCC(=O)NC(CO)CCCC(N)C(=O)O)C(=O)O. The fourth-order valence-electron chi connectivity index (χ4n) is 3.93. The predicted octanol–water partition coefficient (Wildman–Crippen LogP) is 3.30. The van der Waals surface area contributed by atoms with Crippen LogP contribution < -0.4 is 16.4 Å². The lowest BCUT2D eigenvalue weighted by Gasteiger charge is -2.32. The van der Waals surface area contributed by atoms with Crippen molar-refractivity contribution >= 4 is 23.8 Å². The Morgan fingerprint density at radius 3 is 1.75 bits per heavy atom. The Hall–Kier alpha value is -2.20. The number of carboxylic acids is 2. The number of carboxylic acid groups (broad SMARTS) is 2. The van der Waals surface area contributed by atoms with Crippen LogP contribution in [0.5, 0.6) is 0 Å². The molecule has 0 radical (unpaired) electrons. The largest absolute Gasteiger partial charge is 0.480 e. The summed E-state index contributed by atoms with van der Waals surface area (Å²) in [5, 5.41) is 32.7. The van der Waals surface area contributed by atoms with Gasteiger partial charge in [-0.2, -0.15) is 0 Å². The number of carbonyl (C=O) groups is 4. The van der Waals surface area contributed by atoms with Crippen molar-refractivity contribution in [3.05, 3.63) is 0 Å². The average molecular weight is 520 g/mol. The van der Waals surface area contributed by atoms with Gasteiger partial charge in [0.1, 0.15) is 12.1 Å². The van der Waals surface area contributed by atoms with Gasteiger partial charge in [-0.15, -0.1) is 0 Å². The number of rotatable bonds is 15. The number of amides is 2. The maximum atomic E-state index is 12.4. The molecule has 0 aromatic heterocycles. The average Bonchev–Trinajstić information content (AvgIpc) is 2.76. The molecule has 0 aromatic rings. The summed E-state index contributed by atoms with van der Waals surface area (Å²) in [6.45, 7) is 17.8. The first-order valence-electron chi connectivity index (χ1n) is 13.0. The lowest BCUT2D eigenvalue weighted by atomic mass is 9.74. The van der Waals surface area contributed by atoms with Crippen molar-refractivity contribution in [2.24, 2.45) is 16.6 Å². The van der Waals surface area contributed by atoms with Crippen LogP contribution in [-0.4, -0.2) is 63.8 Å². The van der Waals surface area contributed by atoms with E-state index >= 15 is 0 Å². The zero-order chi connectivity index (χ0) is 29.1. The molecule has 0 aliphatic heterocycles. The number of nitrogens with one attached hydrogen (secondary N) is 2. The molecule has 3 atom stereocenters. The maximum absolute atomic E-state index is 12.4. The van der Waals surface area contributed by atoms with Crippen molar-refractivity contribution in [1.29, 1.82) is 0 Å². The Balaban J connectivity index is -0.00000258. The minimum atomic E-state index is -1.22. The Labute approximate surface area is 217 Å². The zero-order valence-corrected chi connectivity index (χ0v) is 23.9. The smallest absolute Gasteiger partial charge is 0.326 e. The Morgan fingerprint density at radius 2 is 1.33 bits per heavy atom. The van der Waals surface area contributed by atoms with E-state index in [1.165, 1.54) is 0 Å². The van der Waals surface area contributed by atoms with Crippen molar-refractivity contribution in [2.75, 3.05) is 6.61 Å². The number of carbonyl (C=O) groups excluding carboxylic acids is 2. The summed E-state index contributed by atoms with van der Waals surface area (Å²) in [4.78, 5) is 46.8. The van der Waals surface area contributed by atoms with E-state index in [2.05, 4.69) is 31.4 Å². The molecule has 0 bridgehead atoms. The molecular weight excluding hydrogens is 466 g/mol. The highest BCUT2D eigenvalue weighted by Crippen LogP contribution is 2.35. The van der Waals surface area contributed by atoms with Crippen molar-refractivity contribution in [2.45, 2.75) is 125 Å². The van der Waals surface area contributed by atoms with Gasteiger partial charge in [-0.05, 0) is 42.9 Å². The molecule has 3 unspecified atom stereocenters. The van der Waals surface area contributed by atoms with Gasteiger partial charge in [0.25, 0.3) is 0 Å². The first kappa shape index (κ1) is 38.3. The van der Waals surface area contributed by atoms with E-state index in [9.17, 15) is 29.4 Å². The second kappa shape index (κ2) is 19.9. The lowest BCUT2D eigenvalue weighted by molar-refractivity contribution is -0.142. The van der Waals surface area contributed by atoms with Crippen molar-refractivity contribution in [3.63, 3.8) is 0 Å². The molecule has 0 aliphatic carbocycles. The number of hydrogen-bond acceptors (Lipinski definition) is 6. The highest BCUT2D eigenvalue weighted by molar-refractivity contribution is 5.84. The van der Waals surface area contributed by atoms with Gasteiger partial charge in [-0.3, -0.25) is 14.4 Å². The van der Waals surface area contributed by atoms with Crippen LogP contribution in [0.25, 0.3) is 0 Å². The van der Waals surface area contributed by atoms with Gasteiger partial charge in [-0.1, -0.05) is 62.3 Å². The Kier molecular flexibility index (Phi) is 21.2. The third kappa shape index (κ3) is 21.1. The fraction of sp³-hybridized carbons (Fsp3) is 0.846. The molecule has 0 saturated heterocycles. The minimum Gasteiger partial charge on any atom is -0.480 e. The second-order valence-corrected chi connectivity index (χ2v) is 10.4. The van der Waals surface area contributed by atoms with Crippen molar-refractivity contribution in [3.8, 4) is 0 Å². The highest BCUT2D eigenvalue weighted by Gasteiger charge is 2.30. The second-order valence-electron chi connectivity index (χ2n) is 10.4. The number of hydrogen-bond donors (Lipinski definition) is 6. The molecule has 10 nitrogen and oxygen atoms in total. The summed E-state index contributed by atoms with van der Waals surface area (Å²) in [6.07, 6.45) is 1.67. The molecular formula is C26H53N3O7. The minimum absolute atomic E-state index is 0.0238. The summed E-state index contributed by atoms with van der Waals surface area (Å²) in [5.74, 6) is -3.17. The predicted molar refractivity (Wildman–Crippen MR) is 142 cm³/mol. The van der Waals surface area contributed by atoms with E-state index in [1.807, 2.05) is 41.5 Å². The summed E-state index contributed by atoms with van der Waals surface area (Å²) in [5.41, 5.74) is 5.14. The zero-order valence-electron chi connectivity index (χ0n) is 23.9. The molecule has 0 aromatic carbocycles. The molecule has 0 aliphatic rings. The van der Waals surface area contributed by atoms with Crippen molar-refractivity contribution in [1.82, 2.24) is 10.6 Å². The number of aliphatic carboxylic acids is 2. The van der Waals surface area contributed by atoms with Crippen LogP contribution in [0.3, 0.4) is 0 Å². The molecule has 36 heavy (non-hydrogen) atoms. The van der Waals surface area contributed by atoms with E-state index in [4.69, 9.17) is 10.8 Å². The molecule has 0 spiro atoms. The summed E-state index contributed by atoms with van der Waals surface area (Å²) in [7, 11) is 0. The van der Waals surface area contributed by atoms with Crippen molar-refractivity contribution < 1.29 is 34.5 Å². The molecule has 0 rings (SSSR count). The van der Waals surface area contributed by atoms with Gasteiger partial charge < -0.3 is 31.7 Å². The van der Waals surface area contributed by atoms with Gasteiger partial charge in [-0.25, -0.2) is 4.79 Å². The first-order valence-corrected chi connectivity index (χ1v) is 13.0. The molecule has 0 heterocycles. The van der Waals surface area contributed by atoms with Gasteiger partial charge in [0, 0.05) is 12.8 Å². The summed E-state index contributed by atoms with van der Waals surface area (Å²) < 4.78 is 0. The van der Waals surface area contributed by atoms with E-state index in [0.717, 1.165) is 6.42 Å². The van der Waals surface area contributed by atoms with E-state index in [-0.39, 0.29) is 49.0 Å². The van der Waals surface area contributed by atoms with Gasteiger partial charge in [0.2, 0.25) is 11.8 Å². The van der Waals surface area contributed by atoms with Crippen LogP contribution >= 0.6 is 0 Å². The molecule has 10 heteroatoms. The Morgan fingerprint density at radius 1 is 0.806 bits per heavy atom. The molecule has 0 saturated carbocycles. The number of aliphatic hydroxyl groups excluding tert-OH is 1. The van der Waals surface area contributed by atoms with Crippen LogP contribution in [0, 0.1) is 10.8 Å². The van der Waals surface area contributed by atoms with Gasteiger partial charge in [0.05, 0.1) is 12.6 Å². The van der Waals surface area contributed by atoms with E-state index < -0.39 is 36.0 Å². The Bertz CT molecular complexity index is 646. The fourth-order valence-corrected chi connectivity index (χ4v) is 3.93. The third-order valence-electron chi connectivity index (χ3n) is 4.91. The molecule has 7 N–H and O–H groups in total. The number of aliphatic hydroxyl groups is 1. The first-order chi connectivity index (χ1) is 16.6. The molecule has 2 amide bonds. The van der Waals surface area contributed by atoms with E-state index in [1.54, 1.807) is 0 Å². The van der Waals surface area contributed by atoms with Crippen LogP contribution in [0.15, 0.2) is 0 Å². The monoisotopic (exact) mass is 519 g/mol. The van der Waals surface area contributed by atoms with Gasteiger partial charge >= 0.3 is 11.9 Å². The summed E-state index contributed by atoms with van der Waals surface area (Å²) in [6, 6.07) is -2.78. The third-order valence-corrected chi connectivity index (χ3v) is 4.91. The lowest BCUT2D eigenvalue weighted by Crippen LogP contribution is -2.44. The highest BCUT2D eigenvalue weighted by atomic mass is 16.4. The molecule has 0 fully saturated rings. The standard InChI is InChI=1S/C22H41N3O7.2C2H6/c1-21(2,3)13-22(4,5)11-18(28)25-16(20(31)32)9-10-17(27)24-14(12-26)7-6-8-15(23)19(29)30;2*1-2/h14-16,26H,6-13,23H2,1-5H3,(H,24,27)(H,25,28)(H,29,30)(H,31,32);2*1-2H3. The van der Waals surface area contributed by atoms with Crippen LogP contribution in [0.1, 0.15) is 107 Å². The maximum Gasteiger partial charge on any atom is 0.326 e. The quantitative estimate of drug-likeness (QED) is 0.191. The number of nitrogens with two attached hydrogens (primary N) is 1. The van der Waals surface area contributed by atoms with Gasteiger partial charge in [0.15, 0.2) is 0 Å². The summed E-state index contributed by atoms with van der Waals surface area (Å²) >= 11 is 0.